The number of nitrogens with one attached hydrogen (secondary N) is 3. The third-order valence-electron chi connectivity index (χ3n) is 5.82. The molecule has 3 N–H and O–H groups in total. The summed E-state index contributed by atoms with van der Waals surface area (Å²) in [6.45, 7) is 7.64. The first-order chi connectivity index (χ1) is 14.4. The standard InChI is InChI=1S/C23H28FN3O3/c1-16(23(29)25-21-6-4-5-18(14-21)17(2)28)27-11-9-26(10-12-27)15-19-13-20(24)7-8-22(19)30-3/h4-8,13-14,16H,9-12,15H2,1-3H3,(H,25,29)/p+2/t16-/m1/s1. The Balaban J connectivity index is 1.54. The fourth-order valence-electron chi connectivity index (χ4n) is 3.94. The number of carbonyl (C=O) groups excluding carboxylic acids is 2. The molecule has 0 spiro atoms. The summed E-state index contributed by atoms with van der Waals surface area (Å²) in [6, 6.07) is 11.4. The molecule has 0 bridgehead atoms. The van der Waals surface area contributed by atoms with Gasteiger partial charge in [-0.2, -0.15) is 0 Å². The first kappa shape index (κ1) is 21.9. The average Bonchev–Trinajstić information content (AvgIpc) is 2.74. The molecule has 2 aromatic carbocycles. The van der Waals surface area contributed by atoms with E-state index in [-0.39, 0.29) is 23.5 Å². The summed E-state index contributed by atoms with van der Waals surface area (Å²) < 4.78 is 19.0. The van der Waals surface area contributed by atoms with Crippen LogP contribution >= 0.6 is 0 Å². The highest BCUT2D eigenvalue weighted by Gasteiger charge is 2.31. The van der Waals surface area contributed by atoms with Crippen LogP contribution in [0.3, 0.4) is 0 Å². The van der Waals surface area contributed by atoms with Crippen molar-refractivity contribution in [3.8, 4) is 5.75 Å². The van der Waals surface area contributed by atoms with E-state index in [0.717, 1.165) is 31.7 Å². The van der Waals surface area contributed by atoms with E-state index in [1.165, 1.54) is 28.9 Å². The Hall–Kier alpha value is -2.77. The van der Waals surface area contributed by atoms with E-state index < -0.39 is 0 Å². The zero-order valence-electron chi connectivity index (χ0n) is 17.8. The molecule has 1 atom stereocenters. The van der Waals surface area contributed by atoms with Crippen LogP contribution in [-0.4, -0.2) is 51.0 Å². The lowest BCUT2D eigenvalue weighted by molar-refractivity contribution is -1.02. The third-order valence-corrected chi connectivity index (χ3v) is 5.82. The largest absolute Gasteiger partial charge is 0.496 e. The molecule has 1 aliphatic heterocycles. The number of hydrogen-bond donors (Lipinski definition) is 3. The summed E-state index contributed by atoms with van der Waals surface area (Å²) in [4.78, 5) is 26.8. The monoisotopic (exact) mass is 415 g/mol. The van der Waals surface area contributed by atoms with Crippen molar-refractivity contribution in [3.63, 3.8) is 0 Å². The lowest BCUT2D eigenvalue weighted by atomic mass is 10.1. The smallest absolute Gasteiger partial charge is 0.282 e. The normalized spacial score (nSPS) is 19.7. The van der Waals surface area contributed by atoms with Crippen molar-refractivity contribution in [2.24, 2.45) is 0 Å². The SMILES string of the molecule is COc1ccc(F)cc1C[NH+]1CC[NH+]([C@H](C)C(=O)Nc2cccc(C(C)=O)c2)CC1. The van der Waals surface area contributed by atoms with Gasteiger partial charge in [0.15, 0.2) is 11.8 Å². The van der Waals surface area contributed by atoms with Crippen molar-refractivity contribution < 1.29 is 28.5 Å². The van der Waals surface area contributed by atoms with Crippen LogP contribution in [0.15, 0.2) is 42.5 Å². The molecule has 3 rings (SSSR count). The van der Waals surface area contributed by atoms with Crippen molar-refractivity contribution in [1.29, 1.82) is 0 Å². The van der Waals surface area contributed by atoms with E-state index >= 15 is 0 Å². The molecule has 1 saturated heterocycles. The van der Waals surface area contributed by atoms with Gasteiger partial charge in [-0.25, -0.2) is 4.39 Å². The lowest BCUT2D eigenvalue weighted by Crippen LogP contribution is -3.29. The molecule has 1 heterocycles. The highest BCUT2D eigenvalue weighted by Crippen LogP contribution is 2.18. The molecule has 0 aromatic heterocycles. The Labute approximate surface area is 176 Å². The Morgan fingerprint density at radius 3 is 2.53 bits per heavy atom. The molecule has 6 nitrogen and oxygen atoms in total. The molecule has 160 valence electrons. The fourth-order valence-corrected chi connectivity index (χ4v) is 3.94. The van der Waals surface area contributed by atoms with Crippen LogP contribution in [0.1, 0.15) is 29.8 Å². The van der Waals surface area contributed by atoms with Crippen molar-refractivity contribution in [2.45, 2.75) is 26.4 Å². The molecule has 1 aliphatic rings. The molecule has 30 heavy (non-hydrogen) atoms. The van der Waals surface area contributed by atoms with Gasteiger partial charge in [0.25, 0.3) is 5.91 Å². The summed E-state index contributed by atoms with van der Waals surface area (Å²) >= 11 is 0. The number of Topliss-reactive ketones (excluding diaryl/α,β-unsaturated/α-hetero) is 1. The topological polar surface area (TPSA) is 64.3 Å². The highest BCUT2D eigenvalue weighted by molar-refractivity contribution is 5.97. The Morgan fingerprint density at radius 1 is 1.13 bits per heavy atom. The Bertz CT molecular complexity index is 910. The molecule has 7 heteroatoms. The van der Waals surface area contributed by atoms with Gasteiger partial charge >= 0.3 is 0 Å². The number of hydrogen-bond acceptors (Lipinski definition) is 3. The van der Waals surface area contributed by atoms with Crippen molar-refractivity contribution >= 4 is 17.4 Å². The predicted octanol–water partition coefficient (Wildman–Crippen LogP) is 0.348. The number of quaternary nitrogens is 2. The zero-order valence-corrected chi connectivity index (χ0v) is 17.8. The van der Waals surface area contributed by atoms with Crippen LogP contribution in [0, 0.1) is 5.82 Å². The van der Waals surface area contributed by atoms with Crippen molar-refractivity contribution in [2.75, 3.05) is 38.6 Å². The molecule has 1 amide bonds. The molecule has 1 fully saturated rings. The molecule has 0 saturated carbocycles. The second-order valence-electron chi connectivity index (χ2n) is 7.89. The van der Waals surface area contributed by atoms with E-state index in [2.05, 4.69) is 5.32 Å². The third kappa shape index (κ3) is 5.43. The number of halogens is 1. The molecular formula is C23H30FN3O3+2. The quantitative estimate of drug-likeness (QED) is 0.572. The zero-order chi connectivity index (χ0) is 21.7. The van der Waals surface area contributed by atoms with Crippen molar-refractivity contribution in [3.05, 3.63) is 59.4 Å². The van der Waals surface area contributed by atoms with Gasteiger partial charge in [-0.1, -0.05) is 12.1 Å². The maximum Gasteiger partial charge on any atom is 0.282 e. The molecule has 0 unspecified atom stereocenters. The Morgan fingerprint density at radius 2 is 1.87 bits per heavy atom. The van der Waals surface area contributed by atoms with Gasteiger partial charge in [0, 0.05) is 11.3 Å². The predicted molar refractivity (Wildman–Crippen MR) is 113 cm³/mol. The summed E-state index contributed by atoms with van der Waals surface area (Å²) in [6.07, 6.45) is 0. The molecule has 0 aliphatic carbocycles. The molecular weight excluding hydrogens is 385 g/mol. The first-order valence-corrected chi connectivity index (χ1v) is 10.3. The lowest BCUT2D eigenvalue weighted by Gasteiger charge is -2.32. The van der Waals surface area contributed by atoms with Gasteiger partial charge in [-0.15, -0.1) is 0 Å². The first-order valence-electron chi connectivity index (χ1n) is 10.3. The minimum absolute atomic E-state index is 0.0289. The van der Waals surface area contributed by atoms with Gasteiger partial charge in [-0.05, 0) is 44.2 Å². The minimum atomic E-state index is -0.256. The number of benzene rings is 2. The van der Waals surface area contributed by atoms with E-state index in [0.29, 0.717) is 23.5 Å². The van der Waals surface area contributed by atoms with Crippen LogP contribution < -0.4 is 19.9 Å². The number of rotatable bonds is 7. The van der Waals surface area contributed by atoms with Gasteiger partial charge < -0.3 is 19.9 Å². The Kier molecular flexibility index (Phi) is 7.18. The van der Waals surface area contributed by atoms with Crippen LogP contribution in [0.4, 0.5) is 10.1 Å². The number of piperazine rings is 1. The fraction of sp³-hybridized carbons (Fsp3) is 0.391. The summed E-state index contributed by atoms with van der Waals surface area (Å²) in [5.74, 6) is 0.368. The summed E-state index contributed by atoms with van der Waals surface area (Å²) in [5, 5.41) is 2.93. The second-order valence-corrected chi connectivity index (χ2v) is 7.89. The van der Waals surface area contributed by atoms with Gasteiger partial charge in [-0.3, -0.25) is 9.59 Å². The highest BCUT2D eigenvalue weighted by atomic mass is 19.1. The molecule has 0 radical (unpaired) electrons. The van der Waals surface area contributed by atoms with E-state index in [4.69, 9.17) is 4.74 Å². The van der Waals surface area contributed by atoms with Crippen molar-refractivity contribution in [1.82, 2.24) is 0 Å². The maximum absolute atomic E-state index is 13.6. The number of anilines is 1. The average molecular weight is 416 g/mol. The minimum Gasteiger partial charge on any atom is -0.496 e. The number of ether oxygens (including phenoxy) is 1. The van der Waals surface area contributed by atoms with E-state index in [1.807, 2.05) is 6.92 Å². The number of ketones is 1. The van der Waals surface area contributed by atoms with Crippen LogP contribution in [0.25, 0.3) is 0 Å². The van der Waals surface area contributed by atoms with Gasteiger partial charge in [0.2, 0.25) is 0 Å². The van der Waals surface area contributed by atoms with Crippen LogP contribution in [-0.2, 0) is 11.3 Å². The summed E-state index contributed by atoms with van der Waals surface area (Å²) in [5.41, 5.74) is 2.09. The van der Waals surface area contributed by atoms with E-state index in [9.17, 15) is 14.0 Å². The van der Waals surface area contributed by atoms with Gasteiger partial charge in [0.1, 0.15) is 44.3 Å². The summed E-state index contributed by atoms with van der Waals surface area (Å²) in [7, 11) is 1.60. The van der Waals surface area contributed by atoms with E-state index in [1.54, 1.807) is 37.4 Å². The number of amides is 1. The van der Waals surface area contributed by atoms with Crippen LogP contribution in [0.5, 0.6) is 5.75 Å². The van der Waals surface area contributed by atoms with Gasteiger partial charge in [0.05, 0.1) is 12.7 Å². The molecule has 2 aromatic rings. The number of methoxy groups -OCH3 is 1. The van der Waals surface area contributed by atoms with Crippen LogP contribution in [0.2, 0.25) is 0 Å². The maximum atomic E-state index is 13.6. The second kappa shape index (κ2) is 9.82. The number of carbonyl (C=O) groups is 2.